The van der Waals surface area contributed by atoms with Crippen molar-refractivity contribution in [3.8, 4) is 0 Å². The third-order valence-electron chi connectivity index (χ3n) is 5.73. The molecule has 1 N–H and O–H groups in total. The first-order chi connectivity index (χ1) is 15.6. The van der Waals surface area contributed by atoms with Crippen LogP contribution < -0.4 is 5.32 Å². The van der Waals surface area contributed by atoms with E-state index in [2.05, 4.69) is 70.3 Å². The molecule has 186 valence electrons. The SMILES string of the molecule is CC(=O)CCC=C(C)CCC=C(C)CCC=C(C)CCC=C(C)CCC=C(C)CNC(C)=O. The van der Waals surface area contributed by atoms with Crippen molar-refractivity contribution >= 4 is 11.7 Å². The maximum atomic E-state index is 11.0. The number of hydrogen-bond acceptors (Lipinski definition) is 2. The summed E-state index contributed by atoms with van der Waals surface area (Å²) < 4.78 is 0. The van der Waals surface area contributed by atoms with Crippen molar-refractivity contribution in [3.05, 3.63) is 58.2 Å². The molecule has 0 atom stereocenters. The van der Waals surface area contributed by atoms with Crippen LogP contribution in [0, 0.1) is 0 Å². The van der Waals surface area contributed by atoms with Crippen molar-refractivity contribution in [1.29, 1.82) is 0 Å². The van der Waals surface area contributed by atoms with Gasteiger partial charge in [0, 0.05) is 19.9 Å². The lowest BCUT2D eigenvalue weighted by atomic mass is 10.0. The molecule has 0 aliphatic carbocycles. The molecule has 0 aliphatic rings. The Labute approximate surface area is 204 Å². The first kappa shape index (κ1) is 30.8. The molecule has 0 aromatic rings. The topological polar surface area (TPSA) is 46.2 Å². The van der Waals surface area contributed by atoms with Gasteiger partial charge in [-0.1, -0.05) is 58.2 Å². The summed E-state index contributed by atoms with van der Waals surface area (Å²) >= 11 is 0. The van der Waals surface area contributed by atoms with Crippen molar-refractivity contribution in [2.45, 2.75) is 113 Å². The van der Waals surface area contributed by atoms with E-state index in [0.29, 0.717) is 13.0 Å². The summed E-state index contributed by atoms with van der Waals surface area (Å²) in [6.45, 7) is 14.8. The van der Waals surface area contributed by atoms with E-state index in [1.807, 2.05) is 0 Å². The zero-order valence-corrected chi connectivity index (χ0v) is 22.5. The van der Waals surface area contributed by atoms with E-state index < -0.39 is 0 Å². The Kier molecular flexibility index (Phi) is 18.1. The Balaban J connectivity index is 4.11. The maximum Gasteiger partial charge on any atom is 0.217 e. The van der Waals surface area contributed by atoms with Gasteiger partial charge in [0.2, 0.25) is 5.91 Å². The molecule has 0 saturated carbocycles. The minimum Gasteiger partial charge on any atom is -0.353 e. The average Bonchev–Trinajstić information content (AvgIpc) is 2.72. The highest BCUT2D eigenvalue weighted by atomic mass is 16.1. The Morgan fingerprint density at radius 2 is 0.788 bits per heavy atom. The molecule has 33 heavy (non-hydrogen) atoms. The molecule has 0 aliphatic heterocycles. The molecule has 0 radical (unpaired) electrons. The van der Waals surface area contributed by atoms with E-state index in [-0.39, 0.29) is 11.7 Å². The molecule has 0 unspecified atom stereocenters. The first-order valence-corrected chi connectivity index (χ1v) is 12.6. The van der Waals surface area contributed by atoms with Crippen LogP contribution in [0.1, 0.15) is 113 Å². The molecule has 3 nitrogen and oxygen atoms in total. The fraction of sp³-hybridized carbons (Fsp3) is 0.600. The van der Waals surface area contributed by atoms with Crippen molar-refractivity contribution in [2.24, 2.45) is 0 Å². The van der Waals surface area contributed by atoms with Gasteiger partial charge in [-0.25, -0.2) is 0 Å². The molecule has 0 fully saturated rings. The van der Waals surface area contributed by atoms with Crippen LogP contribution >= 0.6 is 0 Å². The third kappa shape index (κ3) is 21.4. The van der Waals surface area contributed by atoms with Gasteiger partial charge in [-0.2, -0.15) is 0 Å². The third-order valence-corrected chi connectivity index (χ3v) is 5.73. The maximum absolute atomic E-state index is 11.0. The number of Topliss-reactive ketones (excluding diaryl/α,β-unsaturated/α-hetero) is 1. The predicted molar refractivity (Wildman–Crippen MR) is 144 cm³/mol. The summed E-state index contributed by atoms with van der Waals surface area (Å²) in [7, 11) is 0. The molecule has 0 aromatic carbocycles. The molecule has 0 aromatic heterocycles. The first-order valence-electron chi connectivity index (χ1n) is 12.6. The number of nitrogens with one attached hydrogen (secondary N) is 1. The summed E-state index contributed by atoms with van der Waals surface area (Å²) in [5.41, 5.74) is 6.99. The van der Waals surface area contributed by atoms with E-state index in [1.165, 1.54) is 27.9 Å². The Hall–Kier alpha value is -2.16. The lowest BCUT2D eigenvalue weighted by Gasteiger charge is -2.04. The summed E-state index contributed by atoms with van der Waals surface area (Å²) in [6, 6.07) is 0. The summed E-state index contributed by atoms with van der Waals surface area (Å²) in [5, 5.41) is 2.83. The largest absolute Gasteiger partial charge is 0.353 e. The number of carbonyl (C=O) groups excluding carboxylic acids is 2. The highest BCUT2D eigenvalue weighted by Gasteiger charge is 1.96. The average molecular weight is 456 g/mol. The molecule has 0 heterocycles. The van der Waals surface area contributed by atoms with Crippen molar-refractivity contribution < 1.29 is 9.59 Å². The van der Waals surface area contributed by atoms with Gasteiger partial charge in [-0.05, 0) is 99.3 Å². The Morgan fingerprint density at radius 1 is 0.485 bits per heavy atom. The molecule has 0 spiro atoms. The van der Waals surface area contributed by atoms with Gasteiger partial charge in [-0.3, -0.25) is 4.79 Å². The summed E-state index contributed by atoms with van der Waals surface area (Å²) in [5.74, 6) is 0.290. The minimum atomic E-state index is 0.0228. The van der Waals surface area contributed by atoms with Crippen LogP contribution in [0.4, 0.5) is 0 Å². The number of hydrogen-bond donors (Lipinski definition) is 1. The zero-order valence-electron chi connectivity index (χ0n) is 22.5. The second kappa shape index (κ2) is 19.3. The lowest BCUT2D eigenvalue weighted by Crippen LogP contribution is -2.21. The van der Waals surface area contributed by atoms with Gasteiger partial charge in [0.1, 0.15) is 5.78 Å². The van der Waals surface area contributed by atoms with Gasteiger partial charge in [0.15, 0.2) is 0 Å². The molecule has 0 saturated heterocycles. The Bertz CT molecular complexity index is 747. The molecule has 0 bridgehead atoms. The van der Waals surface area contributed by atoms with Gasteiger partial charge in [0.25, 0.3) is 0 Å². The van der Waals surface area contributed by atoms with Crippen LogP contribution in [-0.2, 0) is 9.59 Å². The van der Waals surface area contributed by atoms with E-state index in [0.717, 1.165) is 57.8 Å². The van der Waals surface area contributed by atoms with Crippen LogP contribution in [0.2, 0.25) is 0 Å². The summed E-state index contributed by atoms with van der Waals surface area (Å²) in [6.07, 6.45) is 21.8. The van der Waals surface area contributed by atoms with Gasteiger partial charge < -0.3 is 10.1 Å². The lowest BCUT2D eigenvalue weighted by molar-refractivity contribution is -0.119. The number of rotatable bonds is 17. The predicted octanol–water partition coefficient (Wildman–Crippen LogP) is 8.34. The molecule has 1 amide bonds. The molecule has 3 heteroatoms. The standard InChI is InChI=1S/C30H49NO2/c1-24(15-9-17-26(3)19-11-21-28(5)23-31-30(7)33)13-8-14-25(2)16-10-18-27(4)20-12-22-29(6)32/h13,16-17,20-21H,8-12,14-15,18-19,22-23H2,1-7H3,(H,31,33). The second-order valence-electron chi connectivity index (χ2n) is 9.56. The molecular weight excluding hydrogens is 406 g/mol. The quantitative estimate of drug-likeness (QED) is 0.224. The molecule has 0 rings (SSSR count). The van der Waals surface area contributed by atoms with Crippen molar-refractivity contribution in [1.82, 2.24) is 5.32 Å². The van der Waals surface area contributed by atoms with E-state index in [1.54, 1.807) is 13.8 Å². The number of amides is 1. The fourth-order valence-corrected chi connectivity index (χ4v) is 3.45. The van der Waals surface area contributed by atoms with Crippen LogP contribution in [0.3, 0.4) is 0 Å². The Morgan fingerprint density at radius 3 is 1.09 bits per heavy atom. The van der Waals surface area contributed by atoms with Crippen LogP contribution in [0.15, 0.2) is 58.2 Å². The van der Waals surface area contributed by atoms with E-state index >= 15 is 0 Å². The van der Waals surface area contributed by atoms with Gasteiger partial charge in [0.05, 0.1) is 0 Å². The monoisotopic (exact) mass is 455 g/mol. The summed E-state index contributed by atoms with van der Waals surface area (Å²) in [4.78, 5) is 21.9. The number of allylic oxidation sites excluding steroid dienone is 9. The smallest absolute Gasteiger partial charge is 0.217 e. The van der Waals surface area contributed by atoms with Gasteiger partial charge in [-0.15, -0.1) is 0 Å². The van der Waals surface area contributed by atoms with E-state index in [4.69, 9.17) is 0 Å². The minimum absolute atomic E-state index is 0.0228. The number of ketones is 1. The van der Waals surface area contributed by atoms with Crippen molar-refractivity contribution in [2.75, 3.05) is 6.54 Å². The van der Waals surface area contributed by atoms with Crippen LogP contribution in [0.5, 0.6) is 0 Å². The fourth-order valence-electron chi connectivity index (χ4n) is 3.45. The van der Waals surface area contributed by atoms with Crippen LogP contribution in [-0.4, -0.2) is 18.2 Å². The van der Waals surface area contributed by atoms with Gasteiger partial charge >= 0.3 is 0 Å². The molecular formula is C30H49NO2. The second-order valence-corrected chi connectivity index (χ2v) is 9.56. The van der Waals surface area contributed by atoms with E-state index in [9.17, 15) is 9.59 Å². The normalized spacial score (nSPS) is 14.0. The van der Waals surface area contributed by atoms with Crippen molar-refractivity contribution in [3.63, 3.8) is 0 Å². The highest BCUT2D eigenvalue weighted by molar-refractivity contribution is 5.75. The highest BCUT2D eigenvalue weighted by Crippen LogP contribution is 2.15. The zero-order chi connectivity index (χ0) is 25.1. The number of carbonyl (C=O) groups is 2. The van der Waals surface area contributed by atoms with Crippen LogP contribution in [0.25, 0.3) is 0 Å².